The van der Waals surface area contributed by atoms with Crippen LogP contribution in [0.2, 0.25) is 0 Å². The third-order valence-corrected chi connectivity index (χ3v) is 2.96. The lowest BCUT2D eigenvalue weighted by molar-refractivity contribution is 0.627. The Balaban J connectivity index is 2.62. The maximum Gasteiger partial charge on any atom is 0.195 e. The third kappa shape index (κ3) is 2.08. The Bertz CT molecular complexity index is 555. The highest BCUT2D eigenvalue weighted by Crippen LogP contribution is 2.23. The van der Waals surface area contributed by atoms with Crippen LogP contribution in [0, 0.1) is 10.6 Å². The predicted octanol–water partition coefficient (Wildman–Crippen LogP) is 3.53. The predicted molar refractivity (Wildman–Crippen MR) is 66.2 cm³/mol. The van der Waals surface area contributed by atoms with E-state index in [1.165, 1.54) is 12.1 Å². The Morgan fingerprint density at radius 1 is 1.50 bits per heavy atom. The van der Waals surface area contributed by atoms with Crippen molar-refractivity contribution in [3.05, 3.63) is 33.3 Å². The fourth-order valence-corrected chi connectivity index (χ4v) is 2.24. The first-order chi connectivity index (χ1) is 7.61. The lowest BCUT2D eigenvalue weighted by atomic mass is 10.2. The molecule has 0 bridgehead atoms. The van der Waals surface area contributed by atoms with E-state index in [0.717, 1.165) is 0 Å². The molecule has 0 aliphatic carbocycles. The number of H-pyrrole nitrogens is 1. The number of aromatic amines is 1. The largest absolute Gasteiger partial charge is 0.300 e. The molecule has 0 fully saturated rings. The molecule has 0 aliphatic heterocycles. The number of hydrogen-bond acceptors (Lipinski definition) is 2. The molecule has 0 aliphatic rings. The first-order valence-electron chi connectivity index (χ1n) is 4.73. The van der Waals surface area contributed by atoms with E-state index in [1.54, 1.807) is 6.07 Å². The molecule has 2 rings (SSSR count). The fraction of sp³-hybridized carbons (Fsp3) is 0.200. The number of aromatic nitrogens is 3. The van der Waals surface area contributed by atoms with Gasteiger partial charge < -0.3 is 4.57 Å². The monoisotopic (exact) mass is 301 g/mol. The summed E-state index contributed by atoms with van der Waals surface area (Å²) in [6, 6.07) is 4.64. The molecule has 0 saturated heterocycles. The van der Waals surface area contributed by atoms with Crippen molar-refractivity contribution in [1.82, 2.24) is 14.8 Å². The van der Waals surface area contributed by atoms with Crippen LogP contribution in [-0.4, -0.2) is 14.8 Å². The van der Waals surface area contributed by atoms with Crippen molar-refractivity contribution in [2.45, 2.75) is 13.5 Å². The molecule has 84 valence electrons. The summed E-state index contributed by atoms with van der Waals surface area (Å²) in [6.07, 6.45) is 0. The summed E-state index contributed by atoms with van der Waals surface area (Å²) in [4.78, 5) is 0. The van der Waals surface area contributed by atoms with Gasteiger partial charge in [0.25, 0.3) is 0 Å². The average molecular weight is 302 g/mol. The van der Waals surface area contributed by atoms with Crippen LogP contribution in [0.1, 0.15) is 6.92 Å². The molecule has 1 aromatic heterocycles. The molecule has 1 aromatic carbocycles. The van der Waals surface area contributed by atoms with Crippen LogP contribution in [0.3, 0.4) is 0 Å². The van der Waals surface area contributed by atoms with Crippen LogP contribution >= 0.6 is 28.1 Å². The topological polar surface area (TPSA) is 33.6 Å². The van der Waals surface area contributed by atoms with Gasteiger partial charge in [0.05, 0.1) is 0 Å². The Hall–Kier alpha value is -1.01. The Labute approximate surface area is 105 Å². The van der Waals surface area contributed by atoms with Gasteiger partial charge in [-0.1, -0.05) is 15.9 Å². The van der Waals surface area contributed by atoms with E-state index in [2.05, 4.69) is 26.1 Å². The van der Waals surface area contributed by atoms with Crippen LogP contribution in [0.25, 0.3) is 11.4 Å². The van der Waals surface area contributed by atoms with E-state index < -0.39 is 0 Å². The zero-order chi connectivity index (χ0) is 11.7. The maximum atomic E-state index is 13.3. The quantitative estimate of drug-likeness (QED) is 0.861. The minimum absolute atomic E-state index is 0.305. The number of hydrogen-bond donors (Lipinski definition) is 1. The summed E-state index contributed by atoms with van der Waals surface area (Å²) in [6.45, 7) is 2.65. The Morgan fingerprint density at radius 3 is 2.88 bits per heavy atom. The van der Waals surface area contributed by atoms with Gasteiger partial charge in [-0.2, -0.15) is 5.10 Å². The van der Waals surface area contributed by atoms with Gasteiger partial charge in [-0.05, 0) is 37.3 Å². The van der Waals surface area contributed by atoms with Gasteiger partial charge in [-0.25, -0.2) is 4.39 Å². The van der Waals surface area contributed by atoms with Crippen LogP contribution < -0.4 is 0 Å². The van der Waals surface area contributed by atoms with Gasteiger partial charge in [0.15, 0.2) is 10.6 Å². The van der Waals surface area contributed by atoms with E-state index in [4.69, 9.17) is 12.2 Å². The summed E-state index contributed by atoms with van der Waals surface area (Å²) in [5.74, 6) is 0.341. The number of rotatable bonds is 2. The first-order valence-corrected chi connectivity index (χ1v) is 5.93. The minimum Gasteiger partial charge on any atom is -0.300 e. The summed E-state index contributed by atoms with van der Waals surface area (Å²) in [5, 5.41) is 6.80. The molecule has 0 amide bonds. The van der Waals surface area contributed by atoms with E-state index in [1.807, 2.05) is 11.5 Å². The highest BCUT2D eigenvalue weighted by molar-refractivity contribution is 9.10. The lowest BCUT2D eigenvalue weighted by Crippen LogP contribution is -1.97. The number of halogens is 2. The molecule has 1 heterocycles. The molecule has 0 saturated carbocycles. The van der Waals surface area contributed by atoms with Crippen molar-refractivity contribution in [2.24, 2.45) is 0 Å². The van der Waals surface area contributed by atoms with Gasteiger partial charge in [0, 0.05) is 16.6 Å². The molecule has 16 heavy (non-hydrogen) atoms. The molecule has 2 aromatic rings. The molecular weight excluding hydrogens is 293 g/mol. The number of nitrogens with zero attached hydrogens (tertiary/aromatic N) is 2. The van der Waals surface area contributed by atoms with Crippen LogP contribution in [-0.2, 0) is 6.54 Å². The maximum absolute atomic E-state index is 13.3. The SMILES string of the molecule is CCn1c(-c2cc(F)cc(Br)c2)n[nH]c1=S. The third-order valence-electron chi connectivity index (χ3n) is 2.20. The van der Waals surface area contributed by atoms with Gasteiger partial charge in [-0.3, -0.25) is 5.10 Å². The summed E-state index contributed by atoms with van der Waals surface area (Å²) in [7, 11) is 0. The molecule has 3 nitrogen and oxygen atoms in total. The molecule has 0 radical (unpaired) electrons. The van der Waals surface area contributed by atoms with E-state index in [0.29, 0.717) is 27.2 Å². The first kappa shape index (κ1) is 11.5. The van der Waals surface area contributed by atoms with Crippen molar-refractivity contribution < 1.29 is 4.39 Å². The number of benzene rings is 1. The molecule has 0 spiro atoms. The van der Waals surface area contributed by atoms with Crippen molar-refractivity contribution in [3.63, 3.8) is 0 Å². The molecule has 0 atom stereocenters. The zero-order valence-corrected chi connectivity index (χ0v) is 10.9. The second-order valence-electron chi connectivity index (χ2n) is 3.25. The van der Waals surface area contributed by atoms with Gasteiger partial charge in [0.2, 0.25) is 0 Å². The normalized spacial score (nSPS) is 10.7. The van der Waals surface area contributed by atoms with Crippen molar-refractivity contribution in [1.29, 1.82) is 0 Å². The van der Waals surface area contributed by atoms with Crippen molar-refractivity contribution in [2.75, 3.05) is 0 Å². The standard InChI is InChI=1S/C10H9BrFN3S/c1-2-15-9(13-14-10(15)16)6-3-7(11)5-8(12)4-6/h3-5H,2H2,1H3,(H,14,16). The highest BCUT2D eigenvalue weighted by atomic mass is 79.9. The van der Waals surface area contributed by atoms with Gasteiger partial charge in [-0.15, -0.1) is 0 Å². The average Bonchev–Trinajstić information content (AvgIpc) is 2.58. The van der Waals surface area contributed by atoms with Crippen LogP contribution in [0.15, 0.2) is 22.7 Å². The van der Waals surface area contributed by atoms with Crippen molar-refractivity contribution >= 4 is 28.1 Å². The fourth-order valence-electron chi connectivity index (χ4n) is 1.51. The van der Waals surface area contributed by atoms with E-state index in [9.17, 15) is 4.39 Å². The van der Waals surface area contributed by atoms with E-state index in [-0.39, 0.29) is 5.82 Å². The molecular formula is C10H9BrFN3S. The zero-order valence-electron chi connectivity index (χ0n) is 8.50. The van der Waals surface area contributed by atoms with Crippen LogP contribution in [0.5, 0.6) is 0 Å². The van der Waals surface area contributed by atoms with Gasteiger partial charge >= 0.3 is 0 Å². The number of nitrogens with one attached hydrogen (secondary N) is 1. The lowest BCUT2D eigenvalue weighted by Gasteiger charge is -2.04. The second-order valence-corrected chi connectivity index (χ2v) is 4.56. The smallest absolute Gasteiger partial charge is 0.195 e. The van der Waals surface area contributed by atoms with Gasteiger partial charge in [0.1, 0.15) is 5.82 Å². The molecule has 0 unspecified atom stereocenters. The molecule has 6 heteroatoms. The summed E-state index contributed by atoms with van der Waals surface area (Å²) >= 11 is 8.33. The molecule has 1 N–H and O–H groups in total. The van der Waals surface area contributed by atoms with Crippen LogP contribution in [0.4, 0.5) is 4.39 Å². The summed E-state index contributed by atoms with van der Waals surface area (Å²) in [5.41, 5.74) is 0.695. The Kier molecular flexibility index (Phi) is 3.20. The summed E-state index contributed by atoms with van der Waals surface area (Å²) < 4.78 is 16.3. The second kappa shape index (κ2) is 4.47. The van der Waals surface area contributed by atoms with E-state index >= 15 is 0 Å². The highest BCUT2D eigenvalue weighted by Gasteiger charge is 2.09. The Morgan fingerprint density at radius 2 is 2.25 bits per heavy atom. The van der Waals surface area contributed by atoms with Crippen molar-refractivity contribution in [3.8, 4) is 11.4 Å². The minimum atomic E-state index is -0.305.